The van der Waals surface area contributed by atoms with Gasteiger partial charge in [0.15, 0.2) is 0 Å². The van der Waals surface area contributed by atoms with E-state index in [1.807, 2.05) is 34.0 Å². The number of piperidine rings is 1. The summed E-state index contributed by atoms with van der Waals surface area (Å²) in [5.74, 6) is 0.889. The van der Waals surface area contributed by atoms with Gasteiger partial charge in [-0.15, -0.1) is 12.4 Å². The first-order valence-electron chi connectivity index (χ1n) is 10.5. The number of nitrogens with zero attached hydrogens (tertiary/aromatic N) is 3. The lowest BCUT2D eigenvalue weighted by Crippen LogP contribution is -2.35. The van der Waals surface area contributed by atoms with E-state index in [1.165, 1.54) is 12.0 Å². The van der Waals surface area contributed by atoms with Crippen LogP contribution in [-0.4, -0.2) is 47.3 Å². The van der Waals surface area contributed by atoms with Gasteiger partial charge in [0.25, 0.3) is 5.91 Å². The first-order chi connectivity index (χ1) is 13.8. The van der Waals surface area contributed by atoms with Crippen molar-refractivity contribution < 1.29 is 9.53 Å². The average Bonchev–Trinajstić information content (AvgIpc) is 3.12. The van der Waals surface area contributed by atoms with Crippen molar-refractivity contribution in [1.82, 2.24) is 20.0 Å². The van der Waals surface area contributed by atoms with E-state index in [-0.39, 0.29) is 24.4 Å². The number of likely N-dealkylation sites (tertiary alicyclic amines) is 1. The summed E-state index contributed by atoms with van der Waals surface area (Å²) in [7, 11) is 1.68. The Labute approximate surface area is 179 Å². The van der Waals surface area contributed by atoms with E-state index >= 15 is 0 Å². The van der Waals surface area contributed by atoms with Crippen LogP contribution in [0.3, 0.4) is 0 Å². The van der Waals surface area contributed by atoms with Crippen LogP contribution in [0.1, 0.15) is 66.7 Å². The quantitative estimate of drug-likeness (QED) is 0.815. The number of carbonyl (C=O) groups excluding carboxylic acids is 1. The van der Waals surface area contributed by atoms with Crippen molar-refractivity contribution in [2.24, 2.45) is 0 Å². The predicted octanol–water partition coefficient (Wildman–Crippen LogP) is 4.00. The monoisotopic (exact) mass is 418 g/mol. The second-order valence-electron chi connectivity index (χ2n) is 7.82. The molecule has 7 heteroatoms. The molecule has 0 radical (unpaired) electrons. The molecule has 2 fully saturated rings. The second-order valence-corrected chi connectivity index (χ2v) is 7.82. The van der Waals surface area contributed by atoms with Crippen molar-refractivity contribution in [3.05, 3.63) is 47.8 Å². The molecule has 2 aliphatic rings. The van der Waals surface area contributed by atoms with Crippen molar-refractivity contribution in [3.63, 3.8) is 0 Å². The molecule has 3 heterocycles. The molecule has 1 amide bonds. The minimum Gasteiger partial charge on any atom is -0.497 e. The van der Waals surface area contributed by atoms with Gasteiger partial charge < -0.3 is 15.0 Å². The molecule has 0 aliphatic carbocycles. The van der Waals surface area contributed by atoms with Gasteiger partial charge in [0.2, 0.25) is 0 Å². The second kappa shape index (κ2) is 10.1. The maximum atomic E-state index is 13.4. The Morgan fingerprint density at radius 2 is 1.93 bits per heavy atom. The summed E-state index contributed by atoms with van der Waals surface area (Å²) in [6, 6.07) is 10.5. The van der Waals surface area contributed by atoms with Crippen molar-refractivity contribution in [2.45, 2.75) is 50.6 Å². The fraction of sp³-hybridized carbons (Fsp3) is 0.545. The van der Waals surface area contributed by atoms with Gasteiger partial charge in [-0.2, -0.15) is 5.10 Å². The number of rotatable bonds is 4. The number of aromatic nitrogens is 2. The molecule has 2 saturated heterocycles. The Balaban J connectivity index is 0.00000240. The molecule has 4 rings (SSSR count). The Morgan fingerprint density at radius 1 is 1.10 bits per heavy atom. The summed E-state index contributed by atoms with van der Waals surface area (Å²) in [6.07, 6.45) is 8.57. The number of ether oxygens (including phenoxy) is 1. The lowest BCUT2D eigenvalue weighted by atomic mass is 10.0. The van der Waals surface area contributed by atoms with Gasteiger partial charge >= 0.3 is 0 Å². The van der Waals surface area contributed by atoms with Crippen LogP contribution in [0.25, 0.3) is 0 Å². The van der Waals surface area contributed by atoms with Gasteiger partial charge in [0.05, 0.1) is 19.2 Å². The zero-order valence-corrected chi connectivity index (χ0v) is 17.9. The molecular weight excluding hydrogens is 388 g/mol. The number of amides is 1. The Bertz CT molecular complexity index is 786. The van der Waals surface area contributed by atoms with E-state index in [0.717, 1.165) is 57.5 Å². The van der Waals surface area contributed by atoms with E-state index in [1.54, 1.807) is 7.11 Å². The normalized spacial score (nSPS) is 22.4. The Morgan fingerprint density at radius 3 is 2.66 bits per heavy atom. The molecule has 2 unspecified atom stereocenters. The van der Waals surface area contributed by atoms with E-state index < -0.39 is 0 Å². The Hall–Kier alpha value is -2.05. The topological polar surface area (TPSA) is 59.4 Å². The van der Waals surface area contributed by atoms with Gasteiger partial charge in [-0.3, -0.25) is 9.48 Å². The minimum absolute atomic E-state index is 0. The van der Waals surface area contributed by atoms with Gasteiger partial charge in [-0.25, -0.2) is 0 Å². The van der Waals surface area contributed by atoms with Crippen LogP contribution in [0, 0.1) is 0 Å². The first-order valence-corrected chi connectivity index (χ1v) is 10.5. The number of benzene rings is 1. The van der Waals surface area contributed by atoms with Crippen molar-refractivity contribution in [3.8, 4) is 5.75 Å². The molecular formula is C22H31ClN4O2. The van der Waals surface area contributed by atoms with Crippen molar-refractivity contribution in [1.29, 1.82) is 0 Å². The van der Waals surface area contributed by atoms with Crippen LogP contribution >= 0.6 is 12.4 Å². The highest BCUT2D eigenvalue weighted by Gasteiger charge is 2.29. The molecule has 1 aromatic carbocycles. The molecule has 0 bridgehead atoms. The number of nitrogens with one attached hydrogen (secondary N) is 1. The average molecular weight is 419 g/mol. The molecule has 2 aromatic rings. The third kappa shape index (κ3) is 4.93. The summed E-state index contributed by atoms with van der Waals surface area (Å²) in [5.41, 5.74) is 1.73. The molecule has 29 heavy (non-hydrogen) atoms. The van der Waals surface area contributed by atoms with Crippen LogP contribution in [0.5, 0.6) is 5.75 Å². The van der Waals surface area contributed by atoms with Crippen LogP contribution in [0.2, 0.25) is 0 Å². The fourth-order valence-corrected chi connectivity index (χ4v) is 4.39. The Kier molecular flexibility index (Phi) is 7.56. The maximum Gasteiger partial charge on any atom is 0.274 e. The van der Waals surface area contributed by atoms with E-state index in [9.17, 15) is 4.79 Å². The molecule has 0 saturated carbocycles. The van der Waals surface area contributed by atoms with Gasteiger partial charge in [0.1, 0.15) is 11.4 Å². The third-order valence-electron chi connectivity index (χ3n) is 5.99. The highest BCUT2D eigenvalue weighted by Crippen LogP contribution is 2.32. The number of hydrogen-bond acceptors (Lipinski definition) is 4. The standard InChI is InChI=1S/C22H30N4O2.ClH/c1-28-19-10-8-17(9-11-19)21-7-3-2-4-14-25(21)22(27)20-12-15-26(24-20)18-6-5-13-23-16-18;/h8-12,15,18,21,23H,2-7,13-14,16H2,1H3;1H. The van der Waals surface area contributed by atoms with E-state index in [4.69, 9.17) is 4.74 Å². The highest BCUT2D eigenvalue weighted by molar-refractivity contribution is 5.92. The number of carbonyl (C=O) groups is 1. The molecule has 158 valence electrons. The number of methoxy groups -OCH3 is 1. The zero-order valence-electron chi connectivity index (χ0n) is 17.0. The minimum atomic E-state index is 0. The van der Waals surface area contributed by atoms with Crippen LogP contribution < -0.4 is 10.1 Å². The van der Waals surface area contributed by atoms with Gasteiger partial charge in [0, 0.05) is 19.3 Å². The molecule has 1 N–H and O–H groups in total. The maximum absolute atomic E-state index is 13.4. The summed E-state index contributed by atoms with van der Waals surface area (Å²) in [4.78, 5) is 15.4. The van der Waals surface area contributed by atoms with Gasteiger partial charge in [-0.1, -0.05) is 25.0 Å². The summed E-state index contributed by atoms with van der Waals surface area (Å²) < 4.78 is 7.26. The van der Waals surface area contributed by atoms with Crippen molar-refractivity contribution >= 4 is 18.3 Å². The largest absolute Gasteiger partial charge is 0.497 e. The summed E-state index contributed by atoms with van der Waals surface area (Å²) >= 11 is 0. The fourth-order valence-electron chi connectivity index (χ4n) is 4.39. The smallest absolute Gasteiger partial charge is 0.274 e. The summed E-state index contributed by atoms with van der Waals surface area (Å²) in [5, 5.41) is 8.08. The van der Waals surface area contributed by atoms with Crippen LogP contribution in [0.15, 0.2) is 36.5 Å². The number of hydrogen-bond donors (Lipinski definition) is 1. The molecule has 2 aliphatic heterocycles. The molecule has 1 aromatic heterocycles. The van der Waals surface area contributed by atoms with E-state index in [0.29, 0.717) is 11.7 Å². The molecule has 6 nitrogen and oxygen atoms in total. The highest BCUT2D eigenvalue weighted by atomic mass is 35.5. The predicted molar refractivity (Wildman–Crippen MR) is 116 cm³/mol. The van der Waals surface area contributed by atoms with E-state index in [2.05, 4.69) is 22.5 Å². The summed E-state index contributed by atoms with van der Waals surface area (Å²) in [6.45, 7) is 2.78. The molecule has 2 atom stereocenters. The van der Waals surface area contributed by atoms with Crippen LogP contribution in [0.4, 0.5) is 0 Å². The van der Waals surface area contributed by atoms with Gasteiger partial charge in [-0.05, 0) is 56.0 Å². The lowest BCUT2D eigenvalue weighted by Gasteiger charge is -2.30. The SMILES string of the molecule is COc1ccc(C2CCCCCN2C(=O)c2ccn(C3CCCNC3)n2)cc1.Cl. The van der Waals surface area contributed by atoms with Crippen LogP contribution in [-0.2, 0) is 0 Å². The first kappa shape index (κ1) is 21.7. The molecule has 0 spiro atoms. The lowest BCUT2D eigenvalue weighted by molar-refractivity contribution is 0.0673. The third-order valence-corrected chi connectivity index (χ3v) is 5.99. The number of halogens is 1. The zero-order chi connectivity index (χ0) is 19.3. The van der Waals surface area contributed by atoms with Crippen molar-refractivity contribution in [2.75, 3.05) is 26.7 Å².